The molecule has 1 N–H and O–H groups in total. The molecule has 4 heteroatoms. The fraction of sp³-hybridized carbons (Fsp3) is 0.292. The van der Waals surface area contributed by atoms with Gasteiger partial charge in [-0.15, -0.1) is 0 Å². The van der Waals surface area contributed by atoms with E-state index in [0.29, 0.717) is 22.3 Å². The molecular formula is C24H26ClNO2. The number of benzene rings is 2. The van der Waals surface area contributed by atoms with E-state index in [9.17, 15) is 4.79 Å². The normalized spacial score (nSPS) is 11.8. The lowest BCUT2D eigenvalue weighted by Gasteiger charge is -2.24. The quantitative estimate of drug-likeness (QED) is 0.496. The van der Waals surface area contributed by atoms with Crippen LogP contribution in [0.1, 0.15) is 51.7 Å². The van der Waals surface area contributed by atoms with Gasteiger partial charge < -0.3 is 9.72 Å². The molecule has 0 spiro atoms. The molecule has 0 unspecified atom stereocenters. The van der Waals surface area contributed by atoms with Crippen LogP contribution in [0.4, 0.5) is 0 Å². The number of rotatable bonds is 4. The van der Waals surface area contributed by atoms with Crippen molar-refractivity contribution in [2.24, 2.45) is 0 Å². The summed E-state index contributed by atoms with van der Waals surface area (Å²) in [5.41, 5.74) is 3.40. The lowest BCUT2D eigenvalue weighted by atomic mass is 9.92. The predicted molar refractivity (Wildman–Crippen MR) is 119 cm³/mol. The van der Waals surface area contributed by atoms with Gasteiger partial charge in [-0.25, -0.2) is 0 Å². The molecule has 0 bridgehead atoms. The Labute approximate surface area is 171 Å². The van der Waals surface area contributed by atoms with Gasteiger partial charge in [0, 0.05) is 21.5 Å². The number of halogens is 1. The molecule has 0 fully saturated rings. The first kappa shape index (κ1) is 20.2. The Morgan fingerprint density at radius 1 is 1.14 bits per heavy atom. The molecule has 1 heterocycles. The second-order valence-corrected chi connectivity index (χ2v) is 8.75. The van der Waals surface area contributed by atoms with Crippen molar-refractivity contribution in [3.8, 4) is 11.1 Å². The van der Waals surface area contributed by atoms with Crippen LogP contribution in [0.2, 0.25) is 5.02 Å². The Bertz CT molecular complexity index is 1100. The monoisotopic (exact) mass is 395 g/mol. The van der Waals surface area contributed by atoms with Gasteiger partial charge in [0.25, 0.3) is 5.56 Å². The highest BCUT2D eigenvalue weighted by Crippen LogP contribution is 2.36. The Kier molecular flexibility index (Phi) is 5.40. The zero-order chi connectivity index (χ0) is 20.6. The molecule has 0 aliphatic heterocycles. The van der Waals surface area contributed by atoms with Crippen molar-refractivity contribution in [1.82, 2.24) is 4.98 Å². The molecule has 0 amide bonds. The maximum atomic E-state index is 13.0. The van der Waals surface area contributed by atoms with Crippen LogP contribution in [0.5, 0.6) is 0 Å². The summed E-state index contributed by atoms with van der Waals surface area (Å²) in [5.74, 6) is 0.717. The summed E-state index contributed by atoms with van der Waals surface area (Å²) in [7, 11) is 0. The summed E-state index contributed by atoms with van der Waals surface area (Å²) in [6.07, 6.45) is 0. The molecule has 3 nitrogen and oxygen atoms in total. The molecule has 1 aromatic heterocycles. The summed E-state index contributed by atoms with van der Waals surface area (Å²) in [6, 6.07) is 13.7. The van der Waals surface area contributed by atoms with Gasteiger partial charge in [0.1, 0.15) is 11.4 Å². The maximum Gasteiger partial charge on any atom is 0.260 e. The second-order valence-electron chi connectivity index (χ2n) is 8.31. The van der Waals surface area contributed by atoms with Crippen molar-refractivity contribution in [3.63, 3.8) is 0 Å². The average molecular weight is 396 g/mol. The van der Waals surface area contributed by atoms with Crippen LogP contribution in [0.25, 0.3) is 27.8 Å². The van der Waals surface area contributed by atoms with E-state index < -0.39 is 5.60 Å². The number of hydrogen-bond acceptors (Lipinski definition) is 2. The molecule has 0 radical (unpaired) electrons. The molecule has 0 aliphatic carbocycles. The zero-order valence-electron chi connectivity index (χ0n) is 17.0. The molecule has 0 saturated carbocycles. The molecule has 2 aromatic carbocycles. The fourth-order valence-electron chi connectivity index (χ4n) is 3.31. The number of hydrogen-bond donors (Lipinski definition) is 1. The van der Waals surface area contributed by atoms with Gasteiger partial charge >= 0.3 is 0 Å². The number of fused-ring (bicyclic) bond motifs is 1. The zero-order valence-corrected chi connectivity index (χ0v) is 17.8. The van der Waals surface area contributed by atoms with E-state index in [1.165, 1.54) is 5.56 Å². The Hall–Kier alpha value is -2.52. The number of aromatic amines is 1. The molecule has 3 aromatic rings. The van der Waals surface area contributed by atoms with Crippen LogP contribution in [-0.2, 0) is 4.74 Å². The minimum absolute atomic E-state index is 0.228. The van der Waals surface area contributed by atoms with Gasteiger partial charge in [0.05, 0.1) is 5.56 Å². The number of H-pyrrole nitrogens is 1. The molecule has 146 valence electrons. The van der Waals surface area contributed by atoms with E-state index >= 15 is 0 Å². The second kappa shape index (κ2) is 7.48. The highest BCUT2D eigenvalue weighted by atomic mass is 35.5. The van der Waals surface area contributed by atoms with Crippen LogP contribution in [0.15, 0.2) is 53.8 Å². The molecule has 0 aliphatic rings. The number of aromatic nitrogens is 1. The van der Waals surface area contributed by atoms with Crippen molar-refractivity contribution in [2.75, 3.05) is 0 Å². The van der Waals surface area contributed by atoms with Crippen LogP contribution >= 0.6 is 11.6 Å². The van der Waals surface area contributed by atoms with E-state index in [-0.39, 0.29) is 5.56 Å². The number of nitrogens with one attached hydrogen (secondary N) is 1. The third kappa shape index (κ3) is 4.15. The number of pyridine rings is 1. The van der Waals surface area contributed by atoms with Crippen LogP contribution in [-0.4, -0.2) is 10.6 Å². The van der Waals surface area contributed by atoms with Gasteiger partial charge in [-0.1, -0.05) is 56.3 Å². The van der Waals surface area contributed by atoms with E-state index in [4.69, 9.17) is 16.3 Å². The minimum atomic E-state index is -0.468. The summed E-state index contributed by atoms with van der Waals surface area (Å²) in [5, 5.41) is 1.47. The summed E-state index contributed by atoms with van der Waals surface area (Å²) in [6.45, 7) is 14.2. The lowest BCUT2D eigenvalue weighted by molar-refractivity contribution is 0.0975. The molecule has 0 atom stereocenters. The first-order valence-electron chi connectivity index (χ1n) is 9.41. The van der Waals surface area contributed by atoms with Crippen LogP contribution in [0, 0.1) is 0 Å². The molecular weight excluding hydrogens is 370 g/mol. The summed E-state index contributed by atoms with van der Waals surface area (Å²) < 4.78 is 5.98. The number of ether oxygens (including phenoxy) is 1. The highest BCUT2D eigenvalue weighted by Gasteiger charge is 2.22. The Morgan fingerprint density at radius 3 is 2.50 bits per heavy atom. The Balaban J connectivity index is 2.38. The Morgan fingerprint density at radius 2 is 1.86 bits per heavy atom. The minimum Gasteiger partial charge on any atom is -0.488 e. The molecule has 3 rings (SSSR count). The van der Waals surface area contributed by atoms with Crippen LogP contribution < -0.4 is 5.56 Å². The highest BCUT2D eigenvalue weighted by molar-refractivity contribution is 6.31. The standard InChI is InChI=1S/C24H26ClNO2/c1-14(2)16-8-7-9-17(12-16)22-19-13-18(25)10-11-20(19)26-23(27)21(22)15(3)28-24(4,5)6/h7-14H,3H2,1-2,4-6H3,(H,26,27). The first-order valence-corrected chi connectivity index (χ1v) is 9.79. The average Bonchev–Trinajstić information content (AvgIpc) is 2.59. The van der Waals surface area contributed by atoms with E-state index in [1.54, 1.807) is 6.07 Å². The van der Waals surface area contributed by atoms with Crippen LogP contribution in [0.3, 0.4) is 0 Å². The largest absolute Gasteiger partial charge is 0.488 e. The SMILES string of the molecule is C=C(OC(C)(C)C)c1c(-c2cccc(C(C)C)c2)c2cc(Cl)ccc2[nH]c1=O. The van der Waals surface area contributed by atoms with Crippen molar-refractivity contribution >= 4 is 28.3 Å². The first-order chi connectivity index (χ1) is 13.1. The fourth-order valence-corrected chi connectivity index (χ4v) is 3.48. The van der Waals surface area contributed by atoms with E-state index in [2.05, 4.69) is 37.5 Å². The van der Waals surface area contributed by atoms with Gasteiger partial charge in [-0.05, 0) is 56.0 Å². The van der Waals surface area contributed by atoms with Gasteiger partial charge in [0.15, 0.2) is 0 Å². The van der Waals surface area contributed by atoms with E-state index in [1.807, 2.05) is 45.0 Å². The third-order valence-electron chi connectivity index (χ3n) is 4.53. The van der Waals surface area contributed by atoms with Gasteiger partial charge in [0.2, 0.25) is 0 Å². The predicted octanol–water partition coefficient (Wildman–Crippen LogP) is 6.76. The molecule has 0 saturated heterocycles. The smallest absolute Gasteiger partial charge is 0.260 e. The van der Waals surface area contributed by atoms with Gasteiger partial charge in [-0.2, -0.15) is 0 Å². The maximum absolute atomic E-state index is 13.0. The van der Waals surface area contributed by atoms with Gasteiger partial charge in [-0.3, -0.25) is 4.79 Å². The summed E-state index contributed by atoms with van der Waals surface area (Å²) >= 11 is 6.29. The van der Waals surface area contributed by atoms with Crippen molar-refractivity contribution in [2.45, 2.75) is 46.1 Å². The molecule has 28 heavy (non-hydrogen) atoms. The lowest BCUT2D eigenvalue weighted by Crippen LogP contribution is -2.22. The van der Waals surface area contributed by atoms with Crippen molar-refractivity contribution < 1.29 is 4.74 Å². The van der Waals surface area contributed by atoms with Crippen molar-refractivity contribution in [1.29, 1.82) is 0 Å². The topological polar surface area (TPSA) is 42.1 Å². The third-order valence-corrected chi connectivity index (χ3v) is 4.76. The van der Waals surface area contributed by atoms with Crippen molar-refractivity contribution in [3.05, 3.63) is 75.5 Å². The summed E-state index contributed by atoms with van der Waals surface area (Å²) in [4.78, 5) is 16.0. The van der Waals surface area contributed by atoms with E-state index in [0.717, 1.165) is 22.0 Å².